The summed E-state index contributed by atoms with van der Waals surface area (Å²) in [4.78, 5) is 13.1. The number of aromatic nitrogens is 3. The van der Waals surface area contributed by atoms with Gasteiger partial charge in [0.2, 0.25) is 0 Å². The number of ether oxygens (including phenoxy) is 1. The maximum atomic E-state index is 13.1. The molecule has 8 nitrogen and oxygen atoms in total. The third kappa shape index (κ3) is 3.79. The molecule has 1 aromatic carbocycles. The van der Waals surface area contributed by atoms with Crippen molar-refractivity contribution in [1.82, 2.24) is 19.6 Å². The molecule has 0 spiro atoms. The smallest absolute Gasteiger partial charge is 0.253 e. The van der Waals surface area contributed by atoms with Gasteiger partial charge in [-0.15, -0.1) is 10.2 Å². The van der Waals surface area contributed by atoms with Crippen LogP contribution in [-0.2, 0) is 4.79 Å². The average molecular weight is 433 g/mol. The van der Waals surface area contributed by atoms with E-state index in [2.05, 4.69) is 15.3 Å². The number of rotatable bonds is 6. The van der Waals surface area contributed by atoms with Gasteiger partial charge >= 0.3 is 0 Å². The van der Waals surface area contributed by atoms with Gasteiger partial charge in [-0.3, -0.25) is 9.20 Å². The van der Waals surface area contributed by atoms with Gasteiger partial charge < -0.3 is 9.15 Å². The van der Waals surface area contributed by atoms with Crippen LogP contribution in [0.15, 0.2) is 81.7 Å². The molecule has 0 unspecified atom stereocenters. The van der Waals surface area contributed by atoms with Crippen molar-refractivity contribution in [2.24, 2.45) is 5.10 Å². The van der Waals surface area contributed by atoms with Crippen LogP contribution in [0.3, 0.4) is 0 Å². The highest BCUT2D eigenvalue weighted by atomic mass is 32.2. The summed E-state index contributed by atoms with van der Waals surface area (Å²) in [5, 5.41) is 15.2. The quantitative estimate of drug-likeness (QED) is 0.430. The highest BCUT2D eigenvalue weighted by molar-refractivity contribution is 7.99. The van der Waals surface area contributed by atoms with Crippen molar-refractivity contribution >= 4 is 29.0 Å². The van der Waals surface area contributed by atoms with E-state index in [-0.39, 0.29) is 17.7 Å². The molecular formula is C22H19N5O3S. The number of benzene rings is 1. The van der Waals surface area contributed by atoms with E-state index in [4.69, 9.17) is 9.15 Å². The van der Waals surface area contributed by atoms with Crippen LogP contribution in [0.25, 0.3) is 5.65 Å². The Morgan fingerprint density at radius 3 is 2.81 bits per heavy atom. The SMILES string of the molecule is COc1ccc(C2=NN(C(=O)CSc3nnc4ccccn34)[C@@H](c3ccco3)C2)cc1. The van der Waals surface area contributed by atoms with E-state index in [0.717, 1.165) is 22.7 Å². The minimum atomic E-state index is -0.282. The first kappa shape index (κ1) is 19.4. The van der Waals surface area contributed by atoms with E-state index in [1.165, 1.54) is 16.8 Å². The highest BCUT2D eigenvalue weighted by Gasteiger charge is 2.34. The number of pyridine rings is 1. The summed E-state index contributed by atoms with van der Waals surface area (Å²) in [6, 6.07) is 16.7. The van der Waals surface area contributed by atoms with Crippen LogP contribution in [-0.4, -0.2) is 44.1 Å². The Morgan fingerprint density at radius 2 is 2.03 bits per heavy atom. The van der Waals surface area contributed by atoms with Crippen LogP contribution < -0.4 is 4.74 Å². The number of nitrogens with zero attached hydrogens (tertiary/aromatic N) is 5. The van der Waals surface area contributed by atoms with Gasteiger partial charge in [-0.05, 0) is 54.1 Å². The fourth-order valence-electron chi connectivity index (χ4n) is 3.51. The Balaban J connectivity index is 1.38. The van der Waals surface area contributed by atoms with Gasteiger partial charge in [-0.1, -0.05) is 17.8 Å². The van der Waals surface area contributed by atoms with Crippen molar-refractivity contribution in [2.75, 3.05) is 12.9 Å². The zero-order chi connectivity index (χ0) is 21.2. The molecule has 0 saturated heterocycles. The van der Waals surface area contributed by atoms with Crippen molar-refractivity contribution in [3.63, 3.8) is 0 Å². The second kappa shape index (κ2) is 8.27. The van der Waals surface area contributed by atoms with Crippen molar-refractivity contribution < 1.29 is 13.9 Å². The first-order valence-corrected chi connectivity index (χ1v) is 10.7. The standard InChI is InChI=1S/C22H19N5O3S/c1-29-16-9-7-15(8-10-16)17-13-18(19-5-4-12-30-19)27(25-17)21(28)14-31-22-24-23-20-6-2-3-11-26(20)22/h2-12,18H,13-14H2,1H3/t18-/m1/s1. The van der Waals surface area contributed by atoms with Crippen molar-refractivity contribution in [1.29, 1.82) is 0 Å². The van der Waals surface area contributed by atoms with E-state index in [1.54, 1.807) is 13.4 Å². The number of hydrogen-bond acceptors (Lipinski definition) is 7. The number of hydrogen-bond donors (Lipinski definition) is 0. The molecule has 0 saturated carbocycles. The maximum absolute atomic E-state index is 13.1. The van der Waals surface area contributed by atoms with Crippen LogP contribution in [0.1, 0.15) is 23.8 Å². The molecule has 0 N–H and O–H groups in total. The second-order valence-corrected chi connectivity index (χ2v) is 7.89. The summed E-state index contributed by atoms with van der Waals surface area (Å²) in [5.41, 5.74) is 2.52. The molecule has 1 amide bonds. The van der Waals surface area contributed by atoms with Crippen LogP contribution in [0.5, 0.6) is 5.75 Å². The molecule has 1 atom stereocenters. The molecule has 156 valence electrons. The lowest BCUT2D eigenvalue weighted by atomic mass is 10.0. The van der Waals surface area contributed by atoms with Gasteiger partial charge in [0, 0.05) is 12.6 Å². The lowest BCUT2D eigenvalue weighted by Crippen LogP contribution is -2.28. The van der Waals surface area contributed by atoms with Gasteiger partial charge in [0.15, 0.2) is 10.8 Å². The largest absolute Gasteiger partial charge is 0.497 e. The lowest BCUT2D eigenvalue weighted by Gasteiger charge is -2.19. The molecule has 0 fully saturated rings. The predicted octanol–water partition coefficient (Wildman–Crippen LogP) is 3.80. The lowest BCUT2D eigenvalue weighted by molar-refractivity contribution is -0.130. The molecule has 31 heavy (non-hydrogen) atoms. The number of fused-ring (bicyclic) bond motifs is 1. The number of furan rings is 1. The fraction of sp³-hybridized carbons (Fsp3) is 0.182. The zero-order valence-electron chi connectivity index (χ0n) is 16.7. The van der Waals surface area contributed by atoms with Crippen LogP contribution in [0.4, 0.5) is 0 Å². The minimum Gasteiger partial charge on any atom is -0.497 e. The summed E-state index contributed by atoms with van der Waals surface area (Å²) in [6.45, 7) is 0. The summed E-state index contributed by atoms with van der Waals surface area (Å²) >= 11 is 1.33. The first-order chi connectivity index (χ1) is 15.2. The zero-order valence-corrected chi connectivity index (χ0v) is 17.5. The summed E-state index contributed by atoms with van der Waals surface area (Å²) < 4.78 is 12.7. The molecule has 1 aliphatic rings. The summed E-state index contributed by atoms with van der Waals surface area (Å²) in [5.74, 6) is 1.54. The van der Waals surface area contributed by atoms with Crippen LogP contribution >= 0.6 is 11.8 Å². The van der Waals surface area contributed by atoms with Gasteiger partial charge in [0.1, 0.15) is 17.6 Å². The molecule has 4 heterocycles. The molecule has 0 radical (unpaired) electrons. The number of hydrazone groups is 1. The summed E-state index contributed by atoms with van der Waals surface area (Å²) in [6.07, 6.45) is 4.06. The number of thioether (sulfide) groups is 1. The molecule has 4 aromatic rings. The van der Waals surface area contributed by atoms with Crippen molar-refractivity contribution in [3.05, 3.63) is 78.4 Å². The van der Waals surface area contributed by atoms with E-state index in [0.29, 0.717) is 17.3 Å². The normalized spacial score (nSPS) is 16.0. The summed E-state index contributed by atoms with van der Waals surface area (Å²) in [7, 11) is 1.63. The Morgan fingerprint density at radius 1 is 1.16 bits per heavy atom. The minimum absolute atomic E-state index is 0.123. The highest BCUT2D eigenvalue weighted by Crippen LogP contribution is 2.34. The van der Waals surface area contributed by atoms with Gasteiger partial charge in [0.05, 0.1) is 24.8 Å². The third-order valence-corrected chi connectivity index (χ3v) is 6.00. The Bertz CT molecular complexity index is 1230. The van der Waals surface area contributed by atoms with Gasteiger partial charge in [-0.2, -0.15) is 5.10 Å². The first-order valence-electron chi connectivity index (χ1n) is 9.73. The van der Waals surface area contributed by atoms with E-state index < -0.39 is 0 Å². The molecule has 1 aliphatic heterocycles. The van der Waals surface area contributed by atoms with E-state index >= 15 is 0 Å². The van der Waals surface area contributed by atoms with Crippen molar-refractivity contribution in [3.8, 4) is 5.75 Å². The van der Waals surface area contributed by atoms with E-state index in [9.17, 15) is 4.79 Å². The second-order valence-electron chi connectivity index (χ2n) is 6.95. The Hall–Kier alpha value is -3.59. The molecule has 9 heteroatoms. The average Bonchev–Trinajstić information content (AvgIpc) is 3.57. The van der Waals surface area contributed by atoms with Gasteiger partial charge in [-0.25, -0.2) is 5.01 Å². The van der Waals surface area contributed by atoms with Crippen LogP contribution in [0, 0.1) is 0 Å². The fourth-order valence-corrected chi connectivity index (χ4v) is 4.29. The third-order valence-electron chi connectivity index (χ3n) is 5.07. The predicted molar refractivity (Wildman–Crippen MR) is 116 cm³/mol. The monoisotopic (exact) mass is 433 g/mol. The molecule has 5 rings (SSSR count). The molecule has 3 aromatic heterocycles. The number of carbonyl (C=O) groups excluding carboxylic acids is 1. The topological polar surface area (TPSA) is 85.2 Å². The Labute approximate surface area is 182 Å². The number of methoxy groups -OCH3 is 1. The van der Waals surface area contributed by atoms with Crippen LogP contribution in [0.2, 0.25) is 0 Å². The Kier molecular flexibility index (Phi) is 5.17. The molecular weight excluding hydrogens is 414 g/mol. The molecule has 0 aliphatic carbocycles. The van der Waals surface area contributed by atoms with E-state index in [1.807, 2.05) is 65.2 Å². The number of amides is 1. The maximum Gasteiger partial charge on any atom is 0.253 e. The number of carbonyl (C=O) groups is 1. The molecule has 0 bridgehead atoms. The van der Waals surface area contributed by atoms with Gasteiger partial charge in [0.25, 0.3) is 5.91 Å². The van der Waals surface area contributed by atoms with Crippen molar-refractivity contribution in [2.45, 2.75) is 17.6 Å².